The van der Waals surface area contributed by atoms with E-state index in [-0.39, 0.29) is 34.5 Å². The quantitative estimate of drug-likeness (QED) is 0.120. The highest BCUT2D eigenvalue weighted by Gasteiger charge is 2.50. The minimum Gasteiger partial charge on any atom is -0.435 e. The van der Waals surface area contributed by atoms with Gasteiger partial charge >= 0.3 is 12.1 Å². The van der Waals surface area contributed by atoms with Crippen LogP contribution >= 0.6 is 23.1 Å². The third kappa shape index (κ3) is 4.94. The number of fused-ring (bicyclic) bond motifs is 1. The van der Waals surface area contributed by atoms with Crippen LogP contribution in [0.1, 0.15) is 19.5 Å². The number of ether oxygens (including phenoxy) is 3. The molecule has 1 saturated heterocycles. The van der Waals surface area contributed by atoms with Crippen molar-refractivity contribution in [2.75, 3.05) is 18.1 Å². The number of carbonyl (C=O) groups excluding carboxylic acids is 4. The third-order valence-corrected chi connectivity index (χ3v) is 6.20. The number of anilines is 1. The van der Waals surface area contributed by atoms with Gasteiger partial charge in [-0.3, -0.25) is 9.59 Å². The normalized spacial score (nSPS) is 20.9. The van der Waals surface area contributed by atoms with Crippen LogP contribution in [0.5, 0.6) is 0 Å². The van der Waals surface area contributed by atoms with Crippen LogP contribution < -0.4 is 11.1 Å². The van der Waals surface area contributed by atoms with E-state index in [1.165, 1.54) is 35.2 Å². The summed E-state index contributed by atoms with van der Waals surface area (Å²) in [6.45, 7) is 3.07. The molecule has 4 N–H and O–H groups in total. The van der Waals surface area contributed by atoms with Gasteiger partial charge in [-0.1, -0.05) is 5.16 Å². The molecular formula is C17H19N5O8S2. The SMILES string of the molecule is CCOC(=O)OC(C)OC(=O)C1=CN2C(=O)C(NC(=O)C(=NO)c3csc(N)n3)[C@H]2SC1. The Hall–Kier alpha value is -3.33. The van der Waals surface area contributed by atoms with Crippen LogP contribution in [0.15, 0.2) is 22.3 Å². The van der Waals surface area contributed by atoms with Gasteiger partial charge in [-0.2, -0.15) is 0 Å². The number of β-lactam (4-membered cyclic amide) rings is 1. The molecule has 0 aromatic carbocycles. The number of hydrogen-bond donors (Lipinski definition) is 3. The fraction of sp³-hybridized carbons (Fsp3) is 0.412. The number of oxime groups is 1. The fourth-order valence-corrected chi connectivity index (χ4v) is 4.57. The Labute approximate surface area is 189 Å². The molecule has 3 heterocycles. The number of carbonyl (C=O) groups is 4. The molecule has 2 aliphatic heterocycles. The average molecular weight is 486 g/mol. The fourth-order valence-electron chi connectivity index (χ4n) is 2.78. The summed E-state index contributed by atoms with van der Waals surface area (Å²) in [5, 5.41) is 15.8. The summed E-state index contributed by atoms with van der Waals surface area (Å²) in [6.07, 6.45) is -0.823. The first-order chi connectivity index (χ1) is 15.2. The van der Waals surface area contributed by atoms with Gasteiger partial charge in [0.15, 0.2) is 10.8 Å². The molecule has 2 aliphatic rings. The van der Waals surface area contributed by atoms with Crippen molar-refractivity contribution in [2.24, 2.45) is 5.16 Å². The Kier molecular flexibility index (Phi) is 7.19. The molecular weight excluding hydrogens is 466 g/mol. The number of rotatable bonds is 7. The molecule has 172 valence electrons. The first-order valence-electron chi connectivity index (χ1n) is 9.18. The molecule has 32 heavy (non-hydrogen) atoms. The number of nitrogen functional groups attached to an aromatic ring is 1. The molecule has 0 aliphatic carbocycles. The average Bonchev–Trinajstić information content (AvgIpc) is 3.17. The molecule has 0 radical (unpaired) electrons. The topological polar surface area (TPSA) is 183 Å². The van der Waals surface area contributed by atoms with E-state index in [1.54, 1.807) is 6.92 Å². The van der Waals surface area contributed by atoms with Crippen molar-refractivity contribution in [3.63, 3.8) is 0 Å². The van der Waals surface area contributed by atoms with E-state index >= 15 is 0 Å². The van der Waals surface area contributed by atoms with Crippen molar-refractivity contribution < 1.29 is 38.6 Å². The molecule has 0 saturated carbocycles. The monoisotopic (exact) mass is 485 g/mol. The number of thioether (sulfide) groups is 1. The zero-order valence-electron chi connectivity index (χ0n) is 16.8. The lowest BCUT2D eigenvalue weighted by Gasteiger charge is -2.47. The first-order valence-corrected chi connectivity index (χ1v) is 11.1. The minimum atomic E-state index is -1.18. The van der Waals surface area contributed by atoms with Crippen LogP contribution in [-0.4, -0.2) is 74.8 Å². The summed E-state index contributed by atoms with van der Waals surface area (Å²) < 4.78 is 14.4. The van der Waals surface area contributed by atoms with Crippen molar-refractivity contribution >= 4 is 57.9 Å². The molecule has 3 rings (SSSR count). The highest BCUT2D eigenvalue weighted by atomic mass is 32.2. The van der Waals surface area contributed by atoms with E-state index in [2.05, 4.69) is 20.2 Å². The van der Waals surface area contributed by atoms with Crippen molar-refractivity contribution in [2.45, 2.75) is 31.6 Å². The van der Waals surface area contributed by atoms with Gasteiger partial charge in [0.1, 0.15) is 17.1 Å². The van der Waals surface area contributed by atoms with Crippen molar-refractivity contribution in [3.8, 4) is 0 Å². The van der Waals surface area contributed by atoms with Crippen molar-refractivity contribution in [3.05, 3.63) is 22.8 Å². The van der Waals surface area contributed by atoms with E-state index in [1.807, 2.05) is 0 Å². The van der Waals surface area contributed by atoms with E-state index in [0.717, 1.165) is 11.3 Å². The second kappa shape index (κ2) is 9.86. The lowest BCUT2D eigenvalue weighted by molar-refractivity contribution is -0.163. The number of esters is 1. The van der Waals surface area contributed by atoms with Gasteiger partial charge in [-0.15, -0.1) is 23.1 Å². The van der Waals surface area contributed by atoms with Crippen LogP contribution in [-0.2, 0) is 28.6 Å². The van der Waals surface area contributed by atoms with Gasteiger partial charge < -0.3 is 35.4 Å². The first kappa shape index (κ1) is 23.3. The summed E-state index contributed by atoms with van der Waals surface area (Å²) in [7, 11) is 0. The Morgan fingerprint density at radius 1 is 1.44 bits per heavy atom. The number of amides is 2. The van der Waals surface area contributed by atoms with E-state index in [9.17, 15) is 19.2 Å². The predicted octanol–water partition coefficient (Wildman–Crippen LogP) is 0.250. The Morgan fingerprint density at radius 3 is 2.81 bits per heavy atom. The molecule has 1 aromatic heterocycles. The largest absolute Gasteiger partial charge is 0.511 e. The van der Waals surface area contributed by atoms with Gasteiger partial charge in [-0.25, -0.2) is 14.6 Å². The molecule has 15 heteroatoms. The summed E-state index contributed by atoms with van der Waals surface area (Å²) >= 11 is 2.29. The van der Waals surface area contributed by atoms with Crippen molar-refractivity contribution in [1.82, 2.24) is 15.2 Å². The number of thiazole rings is 1. The minimum absolute atomic E-state index is 0.0801. The highest BCUT2D eigenvalue weighted by Crippen LogP contribution is 2.36. The molecule has 0 spiro atoms. The van der Waals surface area contributed by atoms with Crippen LogP contribution in [0.4, 0.5) is 9.93 Å². The Bertz CT molecular complexity index is 993. The second-order valence-electron chi connectivity index (χ2n) is 6.35. The number of nitrogens with zero attached hydrogens (tertiary/aromatic N) is 3. The summed E-state index contributed by atoms with van der Waals surface area (Å²) in [5.41, 5.74) is 5.41. The maximum atomic E-state index is 12.5. The van der Waals surface area contributed by atoms with E-state index in [0.29, 0.717) is 0 Å². The summed E-state index contributed by atoms with van der Waals surface area (Å²) in [6, 6.07) is -0.889. The molecule has 0 bridgehead atoms. The third-order valence-electron chi connectivity index (χ3n) is 4.21. The van der Waals surface area contributed by atoms with Crippen LogP contribution in [0.2, 0.25) is 0 Å². The molecule has 1 aromatic rings. The Morgan fingerprint density at radius 2 is 2.19 bits per heavy atom. The van der Waals surface area contributed by atoms with E-state index in [4.69, 9.17) is 20.4 Å². The summed E-state index contributed by atoms with van der Waals surface area (Å²) in [4.78, 5) is 53.6. The standard InChI is InChI=1S/C17H19N5O8S2/c1-3-28-17(26)30-7(2)29-15(25)8-4-22-13(24)11(14(22)31-5-8)20-12(23)10(21-27)9-6-32-16(18)19-9/h4,6-7,11,14,27H,3,5H2,1-2H3,(H2,18,19)(H,20,23)/t7?,11?,14-/m1/s1. The predicted molar refractivity (Wildman–Crippen MR) is 112 cm³/mol. The number of nitrogens with two attached hydrogens (primary N) is 1. The molecule has 3 atom stereocenters. The van der Waals surface area contributed by atoms with Crippen LogP contribution in [0, 0.1) is 0 Å². The molecule has 2 amide bonds. The van der Waals surface area contributed by atoms with Gasteiger partial charge in [0, 0.05) is 24.3 Å². The lowest BCUT2D eigenvalue weighted by atomic mass is 10.1. The molecule has 1 fully saturated rings. The maximum absolute atomic E-state index is 12.5. The Balaban J connectivity index is 1.57. The van der Waals surface area contributed by atoms with Gasteiger partial charge in [-0.05, 0) is 6.92 Å². The van der Waals surface area contributed by atoms with Crippen molar-refractivity contribution in [1.29, 1.82) is 0 Å². The van der Waals surface area contributed by atoms with Crippen LogP contribution in [0.3, 0.4) is 0 Å². The second-order valence-corrected chi connectivity index (χ2v) is 8.34. The number of hydrogen-bond acceptors (Lipinski definition) is 13. The smallest absolute Gasteiger partial charge is 0.435 e. The molecule has 13 nitrogen and oxygen atoms in total. The van der Waals surface area contributed by atoms with E-state index < -0.39 is 41.6 Å². The lowest BCUT2D eigenvalue weighted by Crippen LogP contribution is -2.69. The van der Waals surface area contributed by atoms with Gasteiger partial charge in [0.2, 0.25) is 6.29 Å². The van der Waals surface area contributed by atoms with Gasteiger partial charge in [0.25, 0.3) is 11.8 Å². The maximum Gasteiger partial charge on any atom is 0.511 e. The molecule has 2 unspecified atom stereocenters. The zero-order valence-corrected chi connectivity index (χ0v) is 18.5. The van der Waals surface area contributed by atoms with Gasteiger partial charge in [0.05, 0.1) is 12.2 Å². The number of nitrogens with one attached hydrogen (secondary N) is 1. The number of aromatic nitrogens is 1. The zero-order chi connectivity index (χ0) is 23.4. The summed E-state index contributed by atoms with van der Waals surface area (Å²) in [5.74, 6) is -1.83. The highest BCUT2D eigenvalue weighted by molar-refractivity contribution is 8.00. The van der Waals surface area contributed by atoms with Crippen LogP contribution in [0.25, 0.3) is 0 Å².